The summed E-state index contributed by atoms with van der Waals surface area (Å²) in [5, 5.41) is 7.56. The second-order valence-corrected chi connectivity index (χ2v) is 10.0. The molecule has 3 heterocycles. The van der Waals surface area contributed by atoms with E-state index in [2.05, 4.69) is 45.0 Å². The first-order chi connectivity index (χ1) is 18.3. The van der Waals surface area contributed by atoms with E-state index in [0.29, 0.717) is 10.1 Å². The number of nitrogens with one attached hydrogen (secondary N) is 2. The number of benzene rings is 2. The Labute approximate surface area is 232 Å². The summed E-state index contributed by atoms with van der Waals surface area (Å²) in [4.78, 5) is 18.3. The minimum absolute atomic E-state index is 0.118. The highest BCUT2D eigenvalue weighted by atomic mass is 35.5. The Bertz CT molecular complexity index is 1500. The molecule has 0 radical (unpaired) electrons. The van der Waals surface area contributed by atoms with Gasteiger partial charge in [0.1, 0.15) is 5.75 Å². The van der Waals surface area contributed by atoms with Crippen molar-refractivity contribution in [2.75, 3.05) is 17.3 Å². The lowest BCUT2D eigenvalue weighted by Crippen LogP contribution is -2.29. The van der Waals surface area contributed by atoms with Crippen molar-refractivity contribution in [3.05, 3.63) is 101 Å². The molecule has 1 amide bonds. The highest BCUT2D eigenvalue weighted by Gasteiger charge is 2.42. The first-order valence-corrected chi connectivity index (χ1v) is 13.0. The smallest absolute Gasteiger partial charge is 0.221 e. The Morgan fingerprint density at radius 3 is 2.53 bits per heavy atom. The molecule has 1 aliphatic heterocycles. The number of rotatable bonds is 6. The average molecular weight is 546 g/mol. The van der Waals surface area contributed by atoms with Crippen molar-refractivity contribution >= 4 is 46.2 Å². The molecule has 9 heteroatoms. The lowest BCUT2D eigenvalue weighted by molar-refractivity contribution is -0.114. The highest BCUT2D eigenvalue weighted by molar-refractivity contribution is 7.80. The van der Waals surface area contributed by atoms with Crippen LogP contribution in [0.25, 0.3) is 5.69 Å². The van der Waals surface area contributed by atoms with Crippen LogP contribution in [0.4, 0.5) is 11.4 Å². The molecular weight excluding hydrogens is 518 g/mol. The van der Waals surface area contributed by atoms with Crippen LogP contribution < -0.4 is 20.3 Å². The number of aryl methyl sites for hydroxylation is 1. The van der Waals surface area contributed by atoms with Crippen LogP contribution in [0.1, 0.15) is 41.7 Å². The van der Waals surface area contributed by atoms with Gasteiger partial charge in [-0.15, -0.1) is 0 Å². The molecule has 1 fully saturated rings. The zero-order valence-corrected chi connectivity index (χ0v) is 23.1. The van der Waals surface area contributed by atoms with Crippen LogP contribution in [-0.4, -0.2) is 27.7 Å². The Kier molecular flexibility index (Phi) is 7.10. The Morgan fingerprint density at radius 1 is 1.11 bits per heavy atom. The first kappa shape index (κ1) is 25.8. The third kappa shape index (κ3) is 4.73. The van der Waals surface area contributed by atoms with Crippen molar-refractivity contribution in [1.29, 1.82) is 0 Å². The number of halogens is 1. The number of methoxy groups -OCH3 is 1. The zero-order chi connectivity index (χ0) is 27.0. The average Bonchev–Trinajstić information content (AvgIpc) is 3.39. The minimum atomic E-state index is -0.186. The second-order valence-electron chi connectivity index (χ2n) is 9.20. The van der Waals surface area contributed by atoms with Gasteiger partial charge in [0.15, 0.2) is 5.11 Å². The van der Waals surface area contributed by atoms with Crippen molar-refractivity contribution < 1.29 is 9.53 Å². The SMILES string of the molecule is COc1ccc(Cl)cc1-n1c(C)cc([C@H]2[C@@H](c3ccccn3)NC(=S)N2c2ccc(NC(C)=O)cc2)c1C. The van der Waals surface area contributed by atoms with Gasteiger partial charge in [-0.05, 0) is 92.3 Å². The number of thiocarbonyl (C=S) groups is 1. The van der Waals surface area contributed by atoms with E-state index in [1.54, 1.807) is 13.3 Å². The number of aromatic nitrogens is 2. The lowest BCUT2D eigenvalue weighted by atomic mass is 9.96. The van der Waals surface area contributed by atoms with E-state index >= 15 is 0 Å². The van der Waals surface area contributed by atoms with Gasteiger partial charge < -0.3 is 24.8 Å². The van der Waals surface area contributed by atoms with E-state index < -0.39 is 0 Å². The molecule has 1 saturated heterocycles. The van der Waals surface area contributed by atoms with Crippen LogP contribution in [0.15, 0.2) is 72.9 Å². The fourth-order valence-corrected chi connectivity index (χ4v) is 5.67. The molecule has 1 aliphatic rings. The van der Waals surface area contributed by atoms with Crippen molar-refractivity contribution in [2.45, 2.75) is 32.9 Å². The van der Waals surface area contributed by atoms with Crippen molar-refractivity contribution in [1.82, 2.24) is 14.9 Å². The van der Waals surface area contributed by atoms with Gasteiger partial charge in [0.2, 0.25) is 5.91 Å². The Hall–Kier alpha value is -3.88. The van der Waals surface area contributed by atoms with E-state index in [1.165, 1.54) is 6.92 Å². The van der Waals surface area contributed by atoms with Crippen LogP contribution in [0.5, 0.6) is 5.75 Å². The van der Waals surface area contributed by atoms with E-state index in [-0.39, 0.29) is 18.0 Å². The molecule has 2 atom stereocenters. The van der Waals surface area contributed by atoms with Crippen molar-refractivity contribution in [3.63, 3.8) is 0 Å². The summed E-state index contributed by atoms with van der Waals surface area (Å²) >= 11 is 12.3. The molecule has 38 heavy (non-hydrogen) atoms. The fourth-order valence-electron chi connectivity index (χ4n) is 5.15. The summed E-state index contributed by atoms with van der Waals surface area (Å²) in [6.45, 7) is 5.66. The highest BCUT2D eigenvalue weighted by Crippen LogP contribution is 2.44. The van der Waals surface area contributed by atoms with Gasteiger partial charge in [-0.1, -0.05) is 17.7 Å². The number of ether oxygens (including phenoxy) is 1. The summed E-state index contributed by atoms with van der Waals surface area (Å²) < 4.78 is 7.83. The monoisotopic (exact) mass is 545 g/mol. The molecule has 0 aliphatic carbocycles. The fraction of sp³-hybridized carbons (Fsp3) is 0.207. The zero-order valence-electron chi connectivity index (χ0n) is 21.5. The first-order valence-electron chi connectivity index (χ1n) is 12.2. The predicted molar refractivity (Wildman–Crippen MR) is 155 cm³/mol. The topological polar surface area (TPSA) is 71.4 Å². The van der Waals surface area contributed by atoms with Gasteiger partial charge >= 0.3 is 0 Å². The van der Waals surface area contributed by atoms with E-state index in [1.807, 2.05) is 60.7 Å². The maximum absolute atomic E-state index is 11.5. The summed E-state index contributed by atoms with van der Waals surface area (Å²) in [6, 6.07) is 21.0. The third-order valence-corrected chi connectivity index (χ3v) is 7.28. The molecule has 0 unspecified atom stereocenters. The van der Waals surface area contributed by atoms with Crippen LogP contribution in [0.3, 0.4) is 0 Å². The molecule has 5 rings (SSSR count). The number of anilines is 2. The van der Waals surface area contributed by atoms with Crippen molar-refractivity contribution in [3.8, 4) is 11.4 Å². The summed E-state index contributed by atoms with van der Waals surface area (Å²) in [5.74, 6) is 0.614. The maximum Gasteiger partial charge on any atom is 0.221 e. The summed E-state index contributed by atoms with van der Waals surface area (Å²) in [6.07, 6.45) is 1.79. The molecule has 0 bridgehead atoms. The molecule has 0 spiro atoms. The largest absolute Gasteiger partial charge is 0.495 e. The van der Waals surface area contributed by atoms with Gasteiger partial charge in [0.05, 0.1) is 30.6 Å². The standard InChI is InChI=1S/C29H28ClN5O2S/c1-17-15-23(18(2)34(17)25-16-20(30)8-13-26(25)37-4)28-27(24-7-5-6-14-31-24)33-29(38)35(28)22-11-9-21(10-12-22)32-19(3)36/h5-16,27-28H,1-4H3,(H,32,36)(H,33,38)/t27-,28+/m1/s1. The molecule has 4 aromatic rings. The van der Waals surface area contributed by atoms with Crippen LogP contribution in [0, 0.1) is 13.8 Å². The number of amides is 1. The number of carbonyl (C=O) groups is 1. The molecular formula is C29H28ClN5O2S. The molecule has 194 valence electrons. The predicted octanol–water partition coefficient (Wildman–Crippen LogP) is 6.29. The number of carbonyl (C=O) groups excluding carboxylic acids is 1. The van der Waals surface area contributed by atoms with Gasteiger partial charge in [-0.2, -0.15) is 0 Å². The van der Waals surface area contributed by atoms with Crippen LogP contribution in [-0.2, 0) is 4.79 Å². The van der Waals surface area contributed by atoms with Gasteiger partial charge in [0.25, 0.3) is 0 Å². The van der Waals surface area contributed by atoms with Crippen LogP contribution in [0.2, 0.25) is 5.02 Å². The minimum Gasteiger partial charge on any atom is -0.495 e. The van der Waals surface area contributed by atoms with E-state index in [9.17, 15) is 4.79 Å². The van der Waals surface area contributed by atoms with Gasteiger partial charge in [-0.3, -0.25) is 9.78 Å². The molecule has 7 nitrogen and oxygen atoms in total. The number of hydrogen-bond donors (Lipinski definition) is 2. The molecule has 2 aromatic heterocycles. The Morgan fingerprint density at radius 2 is 1.87 bits per heavy atom. The molecule has 0 saturated carbocycles. The summed E-state index contributed by atoms with van der Waals surface area (Å²) in [5.41, 5.74) is 6.57. The van der Waals surface area contributed by atoms with Crippen LogP contribution >= 0.6 is 23.8 Å². The van der Waals surface area contributed by atoms with Crippen molar-refractivity contribution in [2.24, 2.45) is 0 Å². The summed E-state index contributed by atoms with van der Waals surface area (Å²) in [7, 11) is 1.66. The van der Waals surface area contributed by atoms with E-state index in [4.69, 9.17) is 28.6 Å². The third-order valence-electron chi connectivity index (χ3n) is 6.73. The maximum atomic E-state index is 11.5. The normalized spacial score (nSPS) is 16.9. The van der Waals surface area contributed by atoms with E-state index in [0.717, 1.165) is 45.5 Å². The molecule has 2 N–H and O–H groups in total. The quantitative estimate of drug-likeness (QED) is 0.278. The number of nitrogens with zero attached hydrogens (tertiary/aromatic N) is 3. The lowest BCUT2D eigenvalue weighted by Gasteiger charge is -2.28. The van der Waals surface area contributed by atoms with Gasteiger partial charge in [0, 0.05) is 40.9 Å². The second kappa shape index (κ2) is 10.5. The number of pyridine rings is 1. The van der Waals surface area contributed by atoms with Gasteiger partial charge in [-0.25, -0.2) is 0 Å². The number of hydrogen-bond acceptors (Lipinski definition) is 4. The Balaban J connectivity index is 1.66. The molecule has 2 aromatic carbocycles.